The maximum absolute atomic E-state index is 13.7. The average Bonchev–Trinajstić information content (AvgIpc) is 3.54. The summed E-state index contributed by atoms with van der Waals surface area (Å²) in [5.41, 5.74) is 0.881. The fourth-order valence-corrected chi connectivity index (χ4v) is 5.93. The van der Waals surface area contributed by atoms with E-state index in [0.29, 0.717) is 12.3 Å². The summed E-state index contributed by atoms with van der Waals surface area (Å²) in [7, 11) is 1.63. The fraction of sp³-hybridized carbons (Fsp3) is 0.385. The lowest BCUT2D eigenvalue weighted by molar-refractivity contribution is -0.141. The Morgan fingerprint density at radius 1 is 1.03 bits per heavy atom. The quantitative estimate of drug-likeness (QED) is 0.433. The van der Waals surface area contributed by atoms with Crippen LogP contribution in [0, 0.1) is 0 Å². The molecule has 1 aliphatic carbocycles. The minimum atomic E-state index is -0.677. The Morgan fingerprint density at radius 2 is 1.79 bits per heavy atom. The third-order valence-electron chi connectivity index (χ3n) is 6.08. The Morgan fingerprint density at radius 3 is 2.48 bits per heavy atom. The number of carbonyl (C=O) groups excluding carboxylic acids is 2. The molecule has 0 aliphatic heterocycles. The summed E-state index contributed by atoms with van der Waals surface area (Å²) in [6, 6.07) is 15.0. The van der Waals surface area contributed by atoms with Gasteiger partial charge in [-0.3, -0.25) is 9.59 Å². The summed E-state index contributed by atoms with van der Waals surface area (Å²) in [5.74, 6) is 0.545. The highest BCUT2D eigenvalue weighted by atomic mass is 32.1. The Kier molecular flexibility index (Phi) is 8.18. The maximum atomic E-state index is 13.7. The van der Waals surface area contributed by atoms with E-state index in [4.69, 9.17) is 4.74 Å². The van der Waals surface area contributed by atoms with Crippen LogP contribution in [-0.4, -0.2) is 29.9 Å². The predicted octanol–water partition coefficient (Wildman–Crippen LogP) is 5.58. The third-order valence-corrected chi connectivity index (χ3v) is 7.88. The second-order valence-electron chi connectivity index (χ2n) is 8.35. The summed E-state index contributed by atoms with van der Waals surface area (Å²) < 4.78 is 5.55. The molecule has 2 heterocycles. The van der Waals surface area contributed by atoms with Gasteiger partial charge in [0.25, 0.3) is 0 Å². The SMILES string of the molecule is COc1ccccc1CN(C(=O)Cc1cccs1)[C@H](C(=O)NC1CCCCC1)c1cccs1. The normalized spacial score (nSPS) is 15.1. The zero-order valence-corrected chi connectivity index (χ0v) is 20.5. The molecule has 33 heavy (non-hydrogen) atoms. The smallest absolute Gasteiger partial charge is 0.248 e. The number of methoxy groups -OCH3 is 1. The summed E-state index contributed by atoms with van der Waals surface area (Å²) in [6.45, 7) is 0.300. The third kappa shape index (κ3) is 6.03. The van der Waals surface area contributed by atoms with Crippen LogP contribution >= 0.6 is 22.7 Å². The van der Waals surface area contributed by atoms with Gasteiger partial charge < -0.3 is 15.0 Å². The van der Waals surface area contributed by atoms with E-state index in [-0.39, 0.29) is 24.3 Å². The van der Waals surface area contributed by atoms with Crippen LogP contribution in [0.15, 0.2) is 59.3 Å². The number of carbonyl (C=O) groups is 2. The molecule has 2 amide bonds. The van der Waals surface area contributed by atoms with Crippen LogP contribution < -0.4 is 10.1 Å². The van der Waals surface area contributed by atoms with Gasteiger partial charge in [0.15, 0.2) is 0 Å². The largest absolute Gasteiger partial charge is 0.496 e. The van der Waals surface area contributed by atoms with Crippen molar-refractivity contribution in [2.75, 3.05) is 7.11 Å². The van der Waals surface area contributed by atoms with Gasteiger partial charge in [-0.1, -0.05) is 49.6 Å². The maximum Gasteiger partial charge on any atom is 0.248 e. The molecule has 4 rings (SSSR count). The molecule has 0 unspecified atom stereocenters. The number of nitrogens with zero attached hydrogens (tertiary/aromatic N) is 1. The van der Waals surface area contributed by atoms with Crippen molar-refractivity contribution < 1.29 is 14.3 Å². The molecule has 0 saturated heterocycles. The zero-order chi connectivity index (χ0) is 23.0. The second kappa shape index (κ2) is 11.5. The van der Waals surface area contributed by atoms with Crippen LogP contribution in [-0.2, 0) is 22.6 Å². The second-order valence-corrected chi connectivity index (χ2v) is 10.4. The molecule has 0 radical (unpaired) electrons. The van der Waals surface area contributed by atoms with Crippen molar-refractivity contribution in [1.29, 1.82) is 0 Å². The van der Waals surface area contributed by atoms with Gasteiger partial charge >= 0.3 is 0 Å². The van der Waals surface area contributed by atoms with Crippen LogP contribution in [0.5, 0.6) is 5.75 Å². The standard InChI is InChI=1S/C26H30N2O3S2/c1-31-22-13-6-5-9-19(22)18-28(24(29)17-21-12-7-15-32-21)25(23-14-8-16-33-23)26(30)27-20-10-3-2-4-11-20/h5-9,12-16,20,25H,2-4,10-11,17-18H2,1H3,(H,27,30)/t25-/m0/s1. The van der Waals surface area contributed by atoms with Crippen molar-refractivity contribution in [3.8, 4) is 5.75 Å². The van der Waals surface area contributed by atoms with E-state index in [2.05, 4.69) is 5.32 Å². The van der Waals surface area contributed by atoms with Gasteiger partial charge in [-0.25, -0.2) is 0 Å². The van der Waals surface area contributed by atoms with Gasteiger partial charge in [-0.05, 0) is 41.8 Å². The first-order valence-corrected chi connectivity index (χ1v) is 13.2. The Hall–Kier alpha value is -2.64. The van der Waals surface area contributed by atoms with Crippen LogP contribution in [0.2, 0.25) is 0 Å². The van der Waals surface area contributed by atoms with E-state index in [0.717, 1.165) is 41.0 Å². The van der Waals surface area contributed by atoms with Gasteiger partial charge in [-0.2, -0.15) is 0 Å². The molecule has 174 valence electrons. The number of hydrogen-bond acceptors (Lipinski definition) is 5. The van der Waals surface area contributed by atoms with Crippen molar-refractivity contribution in [2.45, 2.75) is 57.2 Å². The van der Waals surface area contributed by atoms with Crippen LogP contribution in [0.1, 0.15) is 53.5 Å². The van der Waals surface area contributed by atoms with E-state index in [9.17, 15) is 9.59 Å². The first kappa shape index (κ1) is 23.5. The number of rotatable bonds is 9. The summed E-state index contributed by atoms with van der Waals surface area (Å²) >= 11 is 3.07. The fourth-order valence-electron chi connectivity index (χ4n) is 4.40. The average molecular weight is 483 g/mol. The van der Waals surface area contributed by atoms with Crippen LogP contribution in [0.25, 0.3) is 0 Å². The van der Waals surface area contributed by atoms with Crippen molar-refractivity contribution in [3.63, 3.8) is 0 Å². The Bertz CT molecular complexity index is 1030. The molecule has 1 N–H and O–H groups in total. The molecule has 7 heteroatoms. The number of nitrogens with one attached hydrogen (secondary N) is 1. The van der Waals surface area contributed by atoms with Gasteiger partial charge in [0.05, 0.1) is 20.1 Å². The van der Waals surface area contributed by atoms with Gasteiger partial charge in [0.1, 0.15) is 11.8 Å². The number of thiophene rings is 2. The number of ether oxygens (including phenoxy) is 1. The van der Waals surface area contributed by atoms with Gasteiger partial charge in [0, 0.05) is 21.4 Å². The molecular weight excluding hydrogens is 452 g/mol. The molecule has 1 atom stereocenters. The molecule has 0 spiro atoms. The Labute approximate surface area is 203 Å². The minimum absolute atomic E-state index is 0.0689. The molecule has 0 bridgehead atoms. The van der Waals surface area contributed by atoms with Gasteiger partial charge in [0.2, 0.25) is 11.8 Å². The zero-order valence-electron chi connectivity index (χ0n) is 18.9. The van der Waals surface area contributed by atoms with Crippen LogP contribution in [0.4, 0.5) is 0 Å². The predicted molar refractivity (Wildman–Crippen MR) is 134 cm³/mol. The van der Waals surface area contributed by atoms with E-state index in [1.54, 1.807) is 23.3 Å². The minimum Gasteiger partial charge on any atom is -0.496 e. The van der Waals surface area contributed by atoms with Crippen molar-refractivity contribution in [3.05, 3.63) is 74.6 Å². The van der Waals surface area contributed by atoms with E-state index >= 15 is 0 Å². The molecule has 5 nitrogen and oxygen atoms in total. The summed E-state index contributed by atoms with van der Waals surface area (Å²) in [6.07, 6.45) is 5.76. The number of benzene rings is 1. The molecule has 3 aromatic rings. The lowest BCUT2D eigenvalue weighted by Gasteiger charge is -2.33. The first-order chi connectivity index (χ1) is 16.2. The molecule has 1 aromatic carbocycles. The molecular formula is C26H30N2O3S2. The van der Waals surface area contributed by atoms with Gasteiger partial charge in [-0.15, -0.1) is 22.7 Å². The lowest BCUT2D eigenvalue weighted by atomic mass is 9.95. The van der Waals surface area contributed by atoms with Crippen molar-refractivity contribution >= 4 is 34.5 Å². The molecule has 1 fully saturated rings. The summed E-state index contributed by atoms with van der Waals surface area (Å²) in [5, 5.41) is 7.19. The van der Waals surface area contributed by atoms with E-state index < -0.39 is 6.04 Å². The van der Waals surface area contributed by atoms with E-state index in [1.807, 2.05) is 59.3 Å². The van der Waals surface area contributed by atoms with Crippen molar-refractivity contribution in [1.82, 2.24) is 10.2 Å². The number of amides is 2. The highest BCUT2D eigenvalue weighted by molar-refractivity contribution is 7.10. The number of para-hydroxylation sites is 1. The van der Waals surface area contributed by atoms with Crippen LogP contribution in [0.3, 0.4) is 0 Å². The number of hydrogen-bond donors (Lipinski definition) is 1. The summed E-state index contributed by atoms with van der Waals surface area (Å²) in [4.78, 5) is 30.9. The molecule has 2 aromatic heterocycles. The lowest BCUT2D eigenvalue weighted by Crippen LogP contribution is -2.47. The topological polar surface area (TPSA) is 58.6 Å². The van der Waals surface area contributed by atoms with E-state index in [1.165, 1.54) is 17.8 Å². The first-order valence-electron chi connectivity index (χ1n) is 11.4. The Balaban J connectivity index is 1.66. The highest BCUT2D eigenvalue weighted by Gasteiger charge is 2.34. The molecule has 1 saturated carbocycles. The monoisotopic (exact) mass is 482 g/mol. The van der Waals surface area contributed by atoms with Crippen molar-refractivity contribution in [2.24, 2.45) is 0 Å². The highest BCUT2D eigenvalue weighted by Crippen LogP contribution is 2.31. The molecule has 1 aliphatic rings.